The zero-order valence-electron chi connectivity index (χ0n) is 14.8. The van der Waals surface area contributed by atoms with Gasteiger partial charge in [-0.3, -0.25) is 4.79 Å². The molecule has 1 saturated heterocycles. The van der Waals surface area contributed by atoms with E-state index in [1.54, 1.807) is 13.8 Å². The number of nitrogens with one attached hydrogen (secondary N) is 1. The number of hydrogen-bond donors (Lipinski definition) is 1. The van der Waals surface area contributed by atoms with Crippen molar-refractivity contribution in [3.63, 3.8) is 0 Å². The monoisotopic (exact) mass is 415 g/mol. The molecule has 1 aromatic heterocycles. The van der Waals surface area contributed by atoms with Gasteiger partial charge in [-0.2, -0.15) is 4.31 Å². The van der Waals surface area contributed by atoms with Crippen molar-refractivity contribution in [2.75, 3.05) is 18.4 Å². The number of halogens is 2. The number of piperidine rings is 1. The van der Waals surface area contributed by atoms with Crippen LogP contribution in [-0.4, -0.2) is 36.9 Å². The molecule has 1 fully saturated rings. The van der Waals surface area contributed by atoms with Crippen LogP contribution in [0.1, 0.15) is 24.3 Å². The first-order valence-corrected chi connectivity index (χ1v) is 10.2. The third-order valence-electron chi connectivity index (χ3n) is 4.58. The summed E-state index contributed by atoms with van der Waals surface area (Å²) in [7, 11) is -3.73. The predicted molar refractivity (Wildman–Crippen MR) is 97.5 cm³/mol. The highest BCUT2D eigenvalue weighted by Gasteiger charge is 2.35. The number of rotatable bonds is 4. The van der Waals surface area contributed by atoms with Crippen LogP contribution in [0.2, 0.25) is 5.02 Å². The molecule has 1 amide bonds. The highest BCUT2D eigenvalue weighted by atomic mass is 35.5. The van der Waals surface area contributed by atoms with Crippen molar-refractivity contribution >= 4 is 33.2 Å². The molecule has 10 heteroatoms. The molecule has 27 heavy (non-hydrogen) atoms. The number of nitrogens with zero attached hydrogens (tertiary/aromatic N) is 2. The minimum absolute atomic E-state index is 0.0123. The van der Waals surface area contributed by atoms with Crippen LogP contribution in [0.3, 0.4) is 0 Å². The fourth-order valence-corrected chi connectivity index (χ4v) is 5.09. The van der Waals surface area contributed by atoms with Gasteiger partial charge in [-0.25, -0.2) is 12.8 Å². The molecule has 2 aromatic rings. The molecule has 1 aliphatic rings. The summed E-state index contributed by atoms with van der Waals surface area (Å²) in [6.07, 6.45) is 0.660. The maximum Gasteiger partial charge on any atom is 0.248 e. The summed E-state index contributed by atoms with van der Waals surface area (Å²) < 4.78 is 45.6. The first-order chi connectivity index (χ1) is 12.7. The Morgan fingerprint density at radius 1 is 1.33 bits per heavy atom. The molecule has 0 spiro atoms. The summed E-state index contributed by atoms with van der Waals surface area (Å²) in [6.45, 7) is 3.49. The number of aryl methyl sites for hydroxylation is 2. The van der Waals surface area contributed by atoms with Crippen LogP contribution in [-0.2, 0) is 14.8 Å². The quantitative estimate of drug-likeness (QED) is 0.828. The van der Waals surface area contributed by atoms with Crippen molar-refractivity contribution in [1.29, 1.82) is 0 Å². The van der Waals surface area contributed by atoms with E-state index in [0.29, 0.717) is 23.6 Å². The lowest BCUT2D eigenvalue weighted by Crippen LogP contribution is -2.41. The van der Waals surface area contributed by atoms with E-state index in [-0.39, 0.29) is 35.3 Å². The molecule has 0 radical (unpaired) electrons. The lowest BCUT2D eigenvalue weighted by molar-refractivity contribution is -0.120. The van der Waals surface area contributed by atoms with Crippen LogP contribution < -0.4 is 5.32 Å². The number of sulfonamides is 1. The smallest absolute Gasteiger partial charge is 0.248 e. The summed E-state index contributed by atoms with van der Waals surface area (Å²) in [5, 5.41) is 6.53. The third kappa shape index (κ3) is 3.99. The van der Waals surface area contributed by atoms with Crippen LogP contribution in [0.5, 0.6) is 0 Å². The van der Waals surface area contributed by atoms with Gasteiger partial charge in [0.05, 0.1) is 5.69 Å². The molecule has 0 bridgehead atoms. The Balaban J connectivity index is 1.66. The Kier molecular flexibility index (Phi) is 5.55. The Morgan fingerprint density at radius 3 is 2.59 bits per heavy atom. The first kappa shape index (κ1) is 19.8. The SMILES string of the molecule is Cc1noc(C)c1S(=O)(=O)N1CCC(C(=O)Nc2cc(Cl)ccc2F)CC1. The largest absolute Gasteiger partial charge is 0.360 e. The summed E-state index contributed by atoms with van der Waals surface area (Å²) in [4.78, 5) is 12.5. The van der Waals surface area contributed by atoms with Gasteiger partial charge in [0.1, 0.15) is 16.4 Å². The highest BCUT2D eigenvalue weighted by Crippen LogP contribution is 2.28. The van der Waals surface area contributed by atoms with Gasteiger partial charge in [0.25, 0.3) is 0 Å². The first-order valence-electron chi connectivity index (χ1n) is 8.39. The van der Waals surface area contributed by atoms with Gasteiger partial charge in [0, 0.05) is 24.0 Å². The minimum Gasteiger partial charge on any atom is -0.360 e. The summed E-state index contributed by atoms with van der Waals surface area (Å²) in [5.41, 5.74) is 0.321. The summed E-state index contributed by atoms with van der Waals surface area (Å²) >= 11 is 5.83. The molecule has 7 nitrogen and oxygen atoms in total. The zero-order valence-corrected chi connectivity index (χ0v) is 16.4. The predicted octanol–water partition coefficient (Wildman–Crippen LogP) is 3.12. The van der Waals surface area contributed by atoms with Gasteiger partial charge in [-0.1, -0.05) is 16.8 Å². The number of amides is 1. The second kappa shape index (κ2) is 7.57. The standard InChI is InChI=1S/C17H19ClFN3O4S/c1-10-16(11(2)26-21-10)27(24,25)22-7-5-12(6-8-22)17(23)20-15-9-13(18)3-4-14(15)19/h3-4,9,12H,5-8H2,1-2H3,(H,20,23). The van der Waals surface area contributed by atoms with E-state index < -0.39 is 21.8 Å². The van der Waals surface area contributed by atoms with E-state index in [4.69, 9.17) is 16.1 Å². The Labute approximate surface area is 161 Å². The molecule has 2 heterocycles. The molecule has 0 saturated carbocycles. The maximum absolute atomic E-state index is 13.8. The lowest BCUT2D eigenvalue weighted by atomic mass is 9.97. The molecule has 0 aliphatic carbocycles. The van der Waals surface area contributed by atoms with Crippen LogP contribution in [0.4, 0.5) is 10.1 Å². The Hall–Kier alpha value is -1.97. The van der Waals surface area contributed by atoms with Crippen molar-refractivity contribution in [3.05, 3.63) is 40.5 Å². The second-order valence-electron chi connectivity index (χ2n) is 6.45. The fraction of sp³-hybridized carbons (Fsp3) is 0.412. The van der Waals surface area contributed by atoms with Crippen LogP contribution in [0.25, 0.3) is 0 Å². The van der Waals surface area contributed by atoms with Gasteiger partial charge < -0.3 is 9.84 Å². The lowest BCUT2D eigenvalue weighted by Gasteiger charge is -2.30. The van der Waals surface area contributed by atoms with Crippen molar-refractivity contribution in [3.8, 4) is 0 Å². The highest BCUT2D eigenvalue weighted by molar-refractivity contribution is 7.89. The summed E-state index contributed by atoms with van der Waals surface area (Å²) in [6, 6.07) is 3.91. The number of hydrogen-bond acceptors (Lipinski definition) is 5. The molecular weight excluding hydrogens is 397 g/mol. The molecule has 3 rings (SSSR count). The van der Waals surface area contributed by atoms with Crippen molar-refractivity contribution < 1.29 is 22.1 Å². The molecule has 0 unspecified atom stereocenters. The number of aromatic nitrogens is 1. The molecule has 1 aromatic carbocycles. The van der Waals surface area contributed by atoms with Crippen molar-refractivity contribution in [1.82, 2.24) is 9.46 Å². The minimum atomic E-state index is -3.73. The van der Waals surface area contributed by atoms with Gasteiger partial charge in [0.15, 0.2) is 5.76 Å². The summed E-state index contributed by atoms with van der Waals surface area (Å²) in [5.74, 6) is -1.11. The van der Waals surface area contributed by atoms with Crippen molar-refractivity contribution in [2.45, 2.75) is 31.6 Å². The van der Waals surface area contributed by atoms with Gasteiger partial charge in [-0.15, -0.1) is 0 Å². The Bertz CT molecular complexity index is 949. The number of anilines is 1. The topological polar surface area (TPSA) is 92.5 Å². The average molecular weight is 416 g/mol. The number of benzene rings is 1. The van der Waals surface area contributed by atoms with E-state index >= 15 is 0 Å². The molecule has 146 valence electrons. The fourth-order valence-electron chi connectivity index (χ4n) is 3.16. The normalized spacial score (nSPS) is 16.4. The van der Waals surface area contributed by atoms with Gasteiger partial charge in [-0.05, 0) is 44.9 Å². The van der Waals surface area contributed by atoms with Crippen LogP contribution in [0.15, 0.2) is 27.6 Å². The maximum atomic E-state index is 13.8. The molecule has 1 aliphatic heterocycles. The average Bonchev–Trinajstić information content (AvgIpc) is 2.97. The zero-order chi connectivity index (χ0) is 19.8. The van der Waals surface area contributed by atoms with E-state index in [0.717, 1.165) is 0 Å². The second-order valence-corrected chi connectivity index (χ2v) is 8.76. The Morgan fingerprint density at radius 2 is 2.00 bits per heavy atom. The van der Waals surface area contributed by atoms with Crippen molar-refractivity contribution in [2.24, 2.45) is 5.92 Å². The van der Waals surface area contributed by atoms with Crippen LogP contribution >= 0.6 is 11.6 Å². The van der Waals surface area contributed by atoms with E-state index in [1.807, 2.05) is 0 Å². The van der Waals surface area contributed by atoms with E-state index in [9.17, 15) is 17.6 Å². The van der Waals surface area contributed by atoms with Crippen LogP contribution in [0, 0.1) is 25.6 Å². The molecule has 1 N–H and O–H groups in total. The van der Waals surface area contributed by atoms with Gasteiger partial charge >= 0.3 is 0 Å². The molecule has 0 atom stereocenters. The third-order valence-corrected chi connectivity index (χ3v) is 6.96. The molecular formula is C17H19ClFN3O4S. The number of carbonyl (C=O) groups is 1. The van der Waals surface area contributed by atoms with E-state index in [2.05, 4.69) is 10.5 Å². The van der Waals surface area contributed by atoms with E-state index in [1.165, 1.54) is 22.5 Å². The van der Waals surface area contributed by atoms with Gasteiger partial charge in [0.2, 0.25) is 15.9 Å². The number of carbonyl (C=O) groups excluding carboxylic acids is 1.